The smallest absolute Gasteiger partial charge is 0.259 e. The number of hydrogen-bond acceptors (Lipinski definition) is 4. The zero-order chi connectivity index (χ0) is 14.7. The van der Waals surface area contributed by atoms with Gasteiger partial charge in [0.15, 0.2) is 0 Å². The van der Waals surface area contributed by atoms with E-state index in [0.29, 0.717) is 21.7 Å². The molecule has 0 unspecified atom stereocenters. The van der Waals surface area contributed by atoms with Crippen LogP contribution in [0.4, 0.5) is 5.69 Å². The molecule has 0 radical (unpaired) electrons. The van der Waals surface area contributed by atoms with Crippen LogP contribution in [0, 0.1) is 6.92 Å². The van der Waals surface area contributed by atoms with Crippen LogP contribution in [0.1, 0.15) is 16.1 Å². The summed E-state index contributed by atoms with van der Waals surface area (Å²) in [7, 11) is 1.49. The number of carbonyl (C=O) groups excluding carboxylic acids is 1. The van der Waals surface area contributed by atoms with Crippen molar-refractivity contribution < 1.29 is 14.6 Å². The van der Waals surface area contributed by atoms with Crippen LogP contribution in [0.15, 0.2) is 34.9 Å². The number of aromatic nitrogens is 1. The zero-order valence-corrected chi connectivity index (χ0v) is 12.6. The van der Waals surface area contributed by atoms with E-state index in [4.69, 9.17) is 4.74 Å². The molecule has 0 saturated carbocycles. The molecule has 1 heterocycles. The molecule has 0 aliphatic rings. The number of ether oxygens (including phenoxy) is 1. The van der Waals surface area contributed by atoms with Crippen molar-refractivity contribution in [2.24, 2.45) is 0 Å². The van der Waals surface area contributed by atoms with Gasteiger partial charge in [-0.1, -0.05) is 0 Å². The number of pyridine rings is 1. The Morgan fingerprint density at radius 3 is 2.70 bits per heavy atom. The second-order valence-electron chi connectivity index (χ2n) is 4.10. The summed E-state index contributed by atoms with van der Waals surface area (Å²) < 4.78 is 5.67. The monoisotopic (exact) mass is 336 g/mol. The molecule has 0 bridgehead atoms. The number of nitrogens with zero attached hydrogens (tertiary/aromatic N) is 1. The fraction of sp³-hybridized carbons (Fsp3) is 0.143. The SMILES string of the molecule is COc1ccc(C(=O)Nc2ccc(Br)nc2C)c(O)c1. The number of nitrogens with one attached hydrogen (secondary N) is 1. The number of halogens is 1. The van der Waals surface area contributed by atoms with Gasteiger partial charge in [0.1, 0.15) is 16.1 Å². The minimum Gasteiger partial charge on any atom is -0.507 e. The van der Waals surface area contributed by atoms with Gasteiger partial charge in [-0.2, -0.15) is 0 Å². The Morgan fingerprint density at radius 2 is 2.10 bits per heavy atom. The van der Waals surface area contributed by atoms with Crippen LogP contribution in [-0.2, 0) is 0 Å². The van der Waals surface area contributed by atoms with Crippen molar-refractivity contribution in [2.45, 2.75) is 6.92 Å². The van der Waals surface area contributed by atoms with Crippen molar-refractivity contribution in [3.05, 3.63) is 46.2 Å². The molecule has 0 aliphatic heterocycles. The maximum absolute atomic E-state index is 12.1. The van der Waals surface area contributed by atoms with Crippen LogP contribution in [0.25, 0.3) is 0 Å². The number of amides is 1. The van der Waals surface area contributed by atoms with Crippen LogP contribution in [0.3, 0.4) is 0 Å². The van der Waals surface area contributed by atoms with Crippen LogP contribution in [-0.4, -0.2) is 23.1 Å². The molecule has 1 aromatic heterocycles. The summed E-state index contributed by atoms with van der Waals surface area (Å²) in [5, 5.41) is 12.5. The first kappa shape index (κ1) is 14.3. The molecular weight excluding hydrogens is 324 g/mol. The molecule has 0 spiro atoms. The minimum atomic E-state index is -0.405. The lowest BCUT2D eigenvalue weighted by atomic mass is 10.1. The zero-order valence-electron chi connectivity index (χ0n) is 11.0. The number of phenols is 1. The largest absolute Gasteiger partial charge is 0.507 e. The van der Waals surface area contributed by atoms with Gasteiger partial charge in [0, 0.05) is 6.07 Å². The number of benzene rings is 1. The van der Waals surface area contributed by atoms with Crippen molar-refractivity contribution in [3.63, 3.8) is 0 Å². The maximum atomic E-state index is 12.1. The van der Waals surface area contributed by atoms with E-state index < -0.39 is 5.91 Å². The molecular formula is C14H13BrN2O3. The molecule has 5 nitrogen and oxygen atoms in total. The predicted molar refractivity (Wildman–Crippen MR) is 79.3 cm³/mol. The number of carbonyl (C=O) groups is 1. The molecule has 0 fully saturated rings. The van der Waals surface area contributed by atoms with Crippen molar-refractivity contribution in [3.8, 4) is 11.5 Å². The fourth-order valence-electron chi connectivity index (χ4n) is 1.68. The van der Waals surface area contributed by atoms with E-state index in [-0.39, 0.29) is 11.3 Å². The van der Waals surface area contributed by atoms with E-state index in [0.717, 1.165) is 0 Å². The molecule has 1 aromatic carbocycles. The lowest BCUT2D eigenvalue weighted by molar-refractivity contribution is 0.102. The quantitative estimate of drug-likeness (QED) is 0.844. The third kappa shape index (κ3) is 3.08. The average molecular weight is 337 g/mol. The molecule has 0 saturated heterocycles. The highest BCUT2D eigenvalue weighted by molar-refractivity contribution is 9.10. The molecule has 0 aliphatic carbocycles. The Morgan fingerprint density at radius 1 is 1.35 bits per heavy atom. The summed E-state index contributed by atoms with van der Waals surface area (Å²) in [6.07, 6.45) is 0. The highest BCUT2D eigenvalue weighted by Gasteiger charge is 2.13. The topological polar surface area (TPSA) is 71.5 Å². The van der Waals surface area contributed by atoms with Gasteiger partial charge in [-0.25, -0.2) is 4.98 Å². The summed E-state index contributed by atoms with van der Waals surface area (Å²) in [5.74, 6) is -0.0533. The molecule has 2 aromatic rings. The number of phenolic OH excluding ortho intramolecular Hbond substituents is 1. The second kappa shape index (κ2) is 5.92. The van der Waals surface area contributed by atoms with Gasteiger partial charge in [-0.05, 0) is 47.1 Å². The van der Waals surface area contributed by atoms with E-state index in [1.165, 1.54) is 19.2 Å². The number of methoxy groups -OCH3 is 1. The van der Waals surface area contributed by atoms with Crippen molar-refractivity contribution >= 4 is 27.5 Å². The van der Waals surface area contributed by atoms with Crippen LogP contribution < -0.4 is 10.1 Å². The highest BCUT2D eigenvalue weighted by Crippen LogP contribution is 2.25. The Kier molecular flexibility index (Phi) is 4.24. The number of hydrogen-bond donors (Lipinski definition) is 2. The predicted octanol–water partition coefficient (Wildman–Crippen LogP) is 3.12. The van der Waals surface area contributed by atoms with Gasteiger partial charge in [0.2, 0.25) is 0 Å². The van der Waals surface area contributed by atoms with Crippen molar-refractivity contribution in [1.82, 2.24) is 4.98 Å². The van der Waals surface area contributed by atoms with Crippen molar-refractivity contribution in [1.29, 1.82) is 0 Å². The highest BCUT2D eigenvalue weighted by atomic mass is 79.9. The lowest BCUT2D eigenvalue weighted by Gasteiger charge is -2.10. The number of anilines is 1. The first-order valence-electron chi connectivity index (χ1n) is 5.83. The Balaban J connectivity index is 2.24. The average Bonchev–Trinajstić information content (AvgIpc) is 2.41. The van der Waals surface area contributed by atoms with Gasteiger partial charge in [-0.3, -0.25) is 4.79 Å². The van der Waals surface area contributed by atoms with Gasteiger partial charge < -0.3 is 15.2 Å². The maximum Gasteiger partial charge on any atom is 0.259 e. The number of aryl methyl sites for hydroxylation is 1. The Hall–Kier alpha value is -2.08. The van der Waals surface area contributed by atoms with E-state index in [1.807, 2.05) is 0 Å². The van der Waals surface area contributed by atoms with Crippen LogP contribution in [0.5, 0.6) is 11.5 Å². The molecule has 2 N–H and O–H groups in total. The molecule has 1 amide bonds. The molecule has 20 heavy (non-hydrogen) atoms. The summed E-state index contributed by atoms with van der Waals surface area (Å²) >= 11 is 3.26. The Labute approximate surface area is 124 Å². The summed E-state index contributed by atoms with van der Waals surface area (Å²) in [6, 6.07) is 7.98. The summed E-state index contributed by atoms with van der Waals surface area (Å²) in [6.45, 7) is 1.79. The fourth-order valence-corrected chi connectivity index (χ4v) is 2.08. The summed E-state index contributed by atoms with van der Waals surface area (Å²) in [4.78, 5) is 16.3. The van der Waals surface area contributed by atoms with E-state index in [2.05, 4.69) is 26.2 Å². The van der Waals surface area contributed by atoms with E-state index >= 15 is 0 Å². The third-order valence-electron chi connectivity index (χ3n) is 2.75. The van der Waals surface area contributed by atoms with Gasteiger partial charge in [-0.15, -0.1) is 0 Å². The number of rotatable bonds is 3. The number of aromatic hydroxyl groups is 1. The van der Waals surface area contributed by atoms with E-state index in [9.17, 15) is 9.90 Å². The third-order valence-corrected chi connectivity index (χ3v) is 3.19. The van der Waals surface area contributed by atoms with Gasteiger partial charge in [0.25, 0.3) is 5.91 Å². The standard InChI is InChI=1S/C14H13BrN2O3/c1-8-11(5-6-13(15)16-8)17-14(19)10-4-3-9(20-2)7-12(10)18/h3-7,18H,1-2H3,(H,17,19). The van der Waals surface area contributed by atoms with Crippen LogP contribution in [0.2, 0.25) is 0 Å². The lowest BCUT2D eigenvalue weighted by Crippen LogP contribution is -2.13. The van der Waals surface area contributed by atoms with E-state index in [1.54, 1.807) is 25.1 Å². The molecule has 104 valence electrons. The normalized spacial score (nSPS) is 10.2. The minimum absolute atomic E-state index is 0.135. The molecule has 2 rings (SSSR count). The van der Waals surface area contributed by atoms with Gasteiger partial charge >= 0.3 is 0 Å². The second-order valence-corrected chi connectivity index (χ2v) is 4.92. The van der Waals surface area contributed by atoms with Crippen molar-refractivity contribution in [2.75, 3.05) is 12.4 Å². The van der Waals surface area contributed by atoms with Crippen LogP contribution >= 0.6 is 15.9 Å². The molecule has 6 heteroatoms. The summed E-state index contributed by atoms with van der Waals surface area (Å²) in [5.41, 5.74) is 1.45. The Bertz CT molecular complexity index is 659. The first-order chi connectivity index (χ1) is 9.51. The molecule has 0 atom stereocenters. The first-order valence-corrected chi connectivity index (χ1v) is 6.62. The van der Waals surface area contributed by atoms with Gasteiger partial charge in [0.05, 0.1) is 24.1 Å².